The summed E-state index contributed by atoms with van der Waals surface area (Å²) in [6, 6.07) is 7.11. The topological polar surface area (TPSA) is 104 Å². The minimum Gasteiger partial charge on any atom is -0.352 e. The standard InChI is InChI=1S/C18H16N6O2/c1-2-3-8-18(22-23-18)9-10-19-16(25)13-11-20-24-14-7-5-4-6-12(14)17(26)21-15(13)24/h1,4-7,11H,3,8-10H2,(H,19,25)(H,21,26). The first-order chi connectivity index (χ1) is 12.6. The number of aromatic amines is 1. The van der Waals surface area contributed by atoms with E-state index in [0.717, 1.165) is 0 Å². The van der Waals surface area contributed by atoms with E-state index in [0.29, 0.717) is 47.9 Å². The molecule has 0 saturated carbocycles. The van der Waals surface area contributed by atoms with Gasteiger partial charge in [0.25, 0.3) is 11.5 Å². The summed E-state index contributed by atoms with van der Waals surface area (Å²) in [6.45, 7) is 0.408. The third-order valence-corrected chi connectivity index (χ3v) is 4.49. The van der Waals surface area contributed by atoms with Crippen LogP contribution >= 0.6 is 0 Å². The van der Waals surface area contributed by atoms with E-state index in [2.05, 4.69) is 31.5 Å². The van der Waals surface area contributed by atoms with Gasteiger partial charge in [-0.3, -0.25) is 9.59 Å². The number of nitrogens with one attached hydrogen (secondary N) is 2. The molecule has 0 spiro atoms. The molecular formula is C18H16N6O2. The molecule has 26 heavy (non-hydrogen) atoms. The van der Waals surface area contributed by atoms with E-state index in [1.54, 1.807) is 22.7 Å². The third kappa shape index (κ3) is 2.73. The number of carbonyl (C=O) groups excluding carboxylic acids is 1. The number of hydrogen-bond acceptors (Lipinski definition) is 5. The Hall–Kier alpha value is -3.47. The third-order valence-electron chi connectivity index (χ3n) is 4.49. The van der Waals surface area contributed by atoms with Crippen molar-refractivity contribution in [2.24, 2.45) is 10.2 Å². The van der Waals surface area contributed by atoms with Crippen molar-refractivity contribution in [1.82, 2.24) is 19.9 Å². The van der Waals surface area contributed by atoms with Gasteiger partial charge in [0, 0.05) is 25.8 Å². The molecule has 0 unspecified atom stereocenters. The number of carbonyl (C=O) groups is 1. The minimum absolute atomic E-state index is 0.258. The number of H-pyrrole nitrogens is 1. The van der Waals surface area contributed by atoms with E-state index >= 15 is 0 Å². The predicted octanol–water partition coefficient (Wildman–Crippen LogP) is 1.87. The van der Waals surface area contributed by atoms with Crippen LogP contribution in [0.15, 0.2) is 45.5 Å². The molecular weight excluding hydrogens is 332 g/mol. The molecule has 4 rings (SSSR count). The van der Waals surface area contributed by atoms with Crippen molar-refractivity contribution in [1.29, 1.82) is 0 Å². The van der Waals surface area contributed by atoms with Crippen LogP contribution in [-0.4, -0.2) is 32.7 Å². The van der Waals surface area contributed by atoms with E-state index in [-0.39, 0.29) is 11.5 Å². The highest BCUT2D eigenvalue weighted by Crippen LogP contribution is 2.36. The largest absolute Gasteiger partial charge is 0.352 e. The molecule has 8 nitrogen and oxygen atoms in total. The van der Waals surface area contributed by atoms with E-state index in [4.69, 9.17) is 6.42 Å². The van der Waals surface area contributed by atoms with Gasteiger partial charge in [-0.25, -0.2) is 4.52 Å². The van der Waals surface area contributed by atoms with Crippen molar-refractivity contribution in [2.75, 3.05) is 6.54 Å². The lowest BCUT2D eigenvalue weighted by molar-refractivity contribution is 0.0953. The Morgan fingerprint density at radius 1 is 1.31 bits per heavy atom. The van der Waals surface area contributed by atoms with Gasteiger partial charge in [-0.05, 0) is 12.1 Å². The highest BCUT2D eigenvalue weighted by molar-refractivity contribution is 6.00. The molecule has 3 heterocycles. The fourth-order valence-corrected chi connectivity index (χ4v) is 2.98. The summed E-state index contributed by atoms with van der Waals surface area (Å²) in [6.07, 6.45) is 8.61. The zero-order chi connectivity index (χ0) is 18.1. The quantitative estimate of drug-likeness (QED) is 0.665. The van der Waals surface area contributed by atoms with Crippen LogP contribution in [0.4, 0.5) is 0 Å². The van der Waals surface area contributed by atoms with Crippen molar-refractivity contribution in [3.05, 3.63) is 46.4 Å². The van der Waals surface area contributed by atoms with Crippen LogP contribution in [0.1, 0.15) is 29.6 Å². The number of aromatic nitrogens is 3. The number of terminal acetylenes is 1. The van der Waals surface area contributed by atoms with Gasteiger partial charge in [0.15, 0.2) is 5.66 Å². The molecule has 0 atom stereocenters. The van der Waals surface area contributed by atoms with Gasteiger partial charge in [-0.2, -0.15) is 15.3 Å². The Kier molecular flexibility index (Phi) is 3.77. The van der Waals surface area contributed by atoms with Crippen molar-refractivity contribution in [3.8, 4) is 12.3 Å². The molecule has 1 aliphatic rings. The highest BCUT2D eigenvalue weighted by atomic mass is 16.2. The summed E-state index contributed by atoms with van der Waals surface area (Å²) in [5.74, 6) is 2.27. The van der Waals surface area contributed by atoms with Crippen molar-refractivity contribution in [3.63, 3.8) is 0 Å². The van der Waals surface area contributed by atoms with Gasteiger partial charge in [0.1, 0.15) is 11.2 Å². The van der Waals surface area contributed by atoms with Crippen LogP contribution in [0.25, 0.3) is 16.6 Å². The highest BCUT2D eigenvalue weighted by Gasteiger charge is 2.38. The smallest absolute Gasteiger partial charge is 0.259 e. The molecule has 0 saturated heterocycles. The lowest BCUT2D eigenvalue weighted by Crippen LogP contribution is -2.28. The predicted molar refractivity (Wildman–Crippen MR) is 95.9 cm³/mol. The van der Waals surface area contributed by atoms with Gasteiger partial charge in [0.2, 0.25) is 0 Å². The number of para-hydroxylation sites is 1. The van der Waals surface area contributed by atoms with E-state index in [1.165, 1.54) is 6.20 Å². The maximum absolute atomic E-state index is 12.5. The fraction of sp³-hybridized carbons (Fsp3) is 0.278. The van der Waals surface area contributed by atoms with Crippen molar-refractivity contribution < 1.29 is 4.79 Å². The molecule has 1 amide bonds. The monoisotopic (exact) mass is 348 g/mol. The number of benzene rings is 1. The average molecular weight is 348 g/mol. The normalized spacial score (nSPS) is 14.4. The average Bonchev–Trinajstić information content (AvgIpc) is 3.29. The molecule has 0 bridgehead atoms. The van der Waals surface area contributed by atoms with Gasteiger partial charge < -0.3 is 10.3 Å². The zero-order valence-corrected chi connectivity index (χ0v) is 13.9. The van der Waals surface area contributed by atoms with Gasteiger partial charge in [-0.1, -0.05) is 12.1 Å². The summed E-state index contributed by atoms with van der Waals surface area (Å²) in [7, 11) is 0. The maximum Gasteiger partial charge on any atom is 0.259 e. The van der Waals surface area contributed by atoms with Crippen molar-refractivity contribution >= 4 is 22.5 Å². The first-order valence-corrected chi connectivity index (χ1v) is 8.28. The number of hydrogen-bond donors (Lipinski definition) is 2. The molecule has 0 aliphatic carbocycles. The Balaban J connectivity index is 1.53. The summed E-state index contributed by atoms with van der Waals surface area (Å²) < 4.78 is 1.56. The second-order valence-electron chi connectivity index (χ2n) is 6.18. The molecule has 8 heteroatoms. The van der Waals surface area contributed by atoms with Crippen LogP contribution in [0.5, 0.6) is 0 Å². The molecule has 0 radical (unpaired) electrons. The Labute approximate surface area is 148 Å². The van der Waals surface area contributed by atoms with Crippen LogP contribution in [-0.2, 0) is 0 Å². The van der Waals surface area contributed by atoms with Gasteiger partial charge in [0.05, 0.1) is 17.1 Å². The van der Waals surface area contributed by atoms with Crippen LogP contribution in [0.3, 0.4) is 0 Å². The molecule has 1 aliphatic heterocycles. The molecule has 1 aromatic carbocycles. The van der Waals surface area contributed by atoms with Gasteiger partial charge in [-0.15, -0.1) is 12.3 Å². The summed E-state index contributed by atoms with van der Waals surface area (Å²) in [5.41, 5.74) is 0.635. The summed E-state index contributed by atoms with van der Waals surface area (Å²) in [4.78, 5) is 27.5. The summed E-state index contributed by atoms with van der Waals surface area (Å²) in [5, 5.41) is 15.7. The van der Waals surface area contributed by atoms with E-state index in [1.807, 2.05) is 6.07 Å². The number of rotatable bonds is 6. The summed E-state index contributed by atoms with van der Waals surface area (Å²) >= 11 is 0. The van der Waals surface area contributed by atoms with Crippen LogP contribution in [0.2, 0.25) is 0 Å². The fourth-order valence-electron chi connectivity index (χ4n) is 2.98. The number of fused-ring (bicyclic) bond motifs is 3. The molecule has 0 fully saturated rings. The van der Waals surface area contributed by atoms with E-state index < -0.39 is 5.66 Å². The molecule has 3 aromatic rings. The minimum atomic E-state index is -0.439. The maximum atomic E-state index is 12.5. The lowest BCUT2D eigenvalue weighted by atomic mass is 10.0. The lowest BCUT2D eigenvalue weighted by Gasteiger charge is -2.09. The SMILES string of the molecule is C#CCCC1(CCNC(=O)c2cnn3c2[nH]c(=O)c2ccccc23)N=N1. The van der Waals surface area contributed by atoms with Crippen molar-refractivity contribution in [2.45, 2.75) is 24.9 Å². The zero-order valence-electron chi connectivity index (χ0n) is 13.9. The Morgan fingerprint density at radius 3 is 2.88 bits per heavy atom. The van der Waals surface area contributed by atoms with Crippen LogP contribution < -0.4 is 10.9 Å². The number of amides is 1. The van der Waals surface area contributed by atoms with Gasteiger partial charge >= 0.3 is 0 Å². The molecule has 130 valence electrons. The first-order valence-electron chi connectivity index (χ1n) is 8.28. The first kappa shape index (κ1) is 16.0. The molecule has 2 aromatic heterocycles. The second kappa shape index (κ2) is 6.11. The number of nitrogens with zero attached hydrogens (tertiary/aromatic N) is 4. The Bertz CT molecular complexity index is 1130. The van der Waals surface area contributed by atoms with Crippen LogP contribution in [0, 0.1) is 12.3 Å². The molecule has 2 N–H and O–H groups in total. The second-order valence-corrected chi connectivity index (χ2v) is 6.18. The van der Waals surface area contributed by atoms with E-state index in [9.17, 15) is 9.59 Å². The Morgan fingerprint density at radius 2 is 2.12 bits per heavy atom.